The number of hydrogen-bond donors (Lipinski definition) is 0. The third-order valence-corrected chi connectivity index (χ3v) is 1.85. The van der Waals surface area contributed by atoms with E-state index >= 15 is 0 Å². The second kappa shape index (κ2) is 3.56. The summed E-state index contributed by atoms with van der Waals surface area (Å²) in [6, 6.07) is -1.28. The number of halogens is 1. The zero-order valence-electron chi connectivity index (χ0n) is 7.25. The van der Waals surface area contributed by atoms with Gasteiger partial charge in [-0.3, -0.25) is 24.1 Å². The lowest BCUT2D eigenvalue weighted by molar-refractivity contribution is -0.152. The summed E-state index contributed by atoms with van der Waals surface area (Å²) in [7, 11) is 0. The highest BCUT2D eigenvalue weighted by molar-refractivity contribution is 6.16. The van der Waals surface area contributed by atoms with E-state index in [0.29, 0.717) is 0 Å². The predicted octanol–water partition coefficient (Wildman–Crippen LogP) is -1.53. The molecule has 1 rings (SSSR count). The van der Waals surface area contributed by atoms with Crippen LogP contribution in [-0.2, 0) is 19.2 Å². The fourth-order valence-electron chi connectivity index (χ4n) is 1.07. The summed E-state index contributed by atoms with van der Waals surface area (Å²) < 4.78 is 13.5. The van der Waals surface area contributed by atoms with Crippen molar-refractivity contribution in [2.24, 2.45) is 0 Å². The quantitative estimate of drug-likeness (QED) is 0.421. The fourth-order valence-corrected chi connectivity index (χ4v) is 1.07. The van der Waals surface area contributed by atoms with Crippen LogP contribution in [0.25, 0.3) is 0 Å². The van der Waals surface area contributed by atoms with Gasteiger partial charge in [0, 0.05) is 0 Å². The number of urea groups is 1. The zero-order chi connectivity index (χ0) is 11.6. The van der Waals surface area contributed by atoms with Gasteiger partial charge in [-0.05, 0) is 0 Å². The fraction of sp³-hybridized carbons (Fsp3) is 0.286. The van der Waals surface area contributed by atoms with Crippen molar-refractivity contribution in [2.45, 2.75) is 5.67 Å². The first kappa shape index (κ1) is 11.0. The number of rotatable bonds is 3. The molecule has 0 spiro atoms. The lowest BCUT2D eigenvalue weighted by Crippen LogP contribution is -2.63. The van der Waals surface area contributed by atoms with Crippen LogP contribution in [0.15, 0.2) is 0 Å². The van der Waals surface area contributed by atoms with Crippen LogP contribution < -0.4 is 0 Å². The maximum absolute atomic E-state index is 13.5. The molecule has 0 aromatic carbocycles. The summed E-state index contributed by atoms with van der Waals surface area (Å²) in [5, 5.41) is 0. The molecule has 1 aliphatic rings. The Labute approximate surface area is 82.4 Å². The number of carbonyl (C=O) groups is 5. The van der Waals surface area contributed by atoms with E-state index in [1.165, 1.54) is 0 Å². The minimum atomic E-state index is -3.05. The highest BCUT2D eigenvalue weighted by atomic mass is 19.1. The molecule has 1 fully saturated rings. The molecule has 0 aromatic heterocycles. The summed E-state index contributed by atoms with van der Waals surface area (Å²) in [6.45, 7) is -1.01. The lowest BCUT2D eigenvalue weighted by Gasteiger charge is -2.33. The Hall–Kier alpha value is -2.12. The van der Waals surface area contributed by atoms with Crippen LogP contribution >= 0.6 is 0 Å². The molecule has 15 heavy (non-hydrogen) atoms. The number of aldehydes is 1. The highest BCUT2D eigenvalue weighted by Gasteiger charge is 2.51. The Morgan fingerprint density at radius 3 is 2.20 bits per heavy atom. The second-order valence-corrected chi connectivity index (χ2v) is 2.78. The summed E-state index contributed by atoms with van der Waals surface area (Å²) in [5.74, 6) is -1.59. The molecule has 0 aliphatic carbocycles. The Bertz CT molecular complexity index is 357. The Morgan fingerprint density at radius 2 is 1.80 bits per heavy atom. The van der Waals surface area contributed by atoms with Crippen LogP contribution in [0.5, 0.6) is 0 Å². The first-order valence-electron chi connectivity index (χ1n) is 3.70. The molecule has 5 amide bonds. The van der Waals surface area contributed by atoms with E-state index in [4.69, 9.17) is 0 Å². The molecule has 0 bridgehead atoms. The van der Waals surface area contributed by atoms with Crippen molar-refractivity contribution in [1.29, 1.82) is 0 Å². The highest BCUT2D eigenvalue weighted by Crippen LogP contribution is 2.20. The summed E-state index contributed by atoms with van der Waals surface area (Å²) in [4.78, 5) is 53.2. The third kappa shape index (κ3) is 1.49. The van der Waals surface area contributed by atoms with Gasteiger partial charge in [-0.1, -0.05) is 0 Å². The van der Waals surface area contributed by atoms with Gasteiger partial charge < -0.3 is 0 Å². The van der Waals surface area contributed by atoms with Gasteiger partial charge in [0.15, 0.2) is 6.29 Å². The van der Waals surface area contributed by atoms with E-state index in [0.717, 1.165) is 0 Å². The van der Waals surface area contributed by atoms with Gasteiger partial charge in [0.25, 0.3) is 11.6 Å². The minimum Gasteiger partial charge on any atom is -0.299 e. The van der Waals surface area contributed by atoms with Gasteiger partial charge >= 0.3 is 6.03 Å². The van der Waals surface area contributed by atoms with Gasteiger partial charge in [0.1, 0.15) is 0 Å². The number of imide groups is 4. The Morgan fingerprint density at radius 1 is 1.20 bits per heavy atom. The number of carbonyl (C=O) groups excluding carboxylic acids is 5. The van der Waals surface area contributed by atoms with Crippen molar-refractivity contribution in [3.05, 3.63) is 0 Å². The molecule has 80 valence electrons. The molecule has 0 radical (unpaired) electrons. The molecule has 1 aliphatic heterocycles. The van der Waals surface area contributed by atoms with E-state index in [1.807, 2.05) is 0 Å². The standard InChI is InChI=1S/C7H5FN2O5/c8-7(2-11)1-9(3-12)6(15)10(4-13)5(7)14/h2-4H,1H2. The van der Waals surface area contributed by atoms with Gasteiger partial charge in [0.05, 0.1) is 6.54 Å². The van der Waals surface area contributed by atoms with Gasteiger partial charge in [-0.2, -0.15) is 4.90 Å². The summed E-state index contributed by atoms with van der Waals surface area (Å²) >= 11 is 0. The maximum atomic E-state index is 13.5. The largest absolute Gasteiger partial charge is 0.340 e. The van der Waals surface area contributed by atoms with E-state index in [-0.39, 0.29) is 28.9 Å². The maximum Gasteiger partial charge on any atom is 0.340 e. The van der Waals surface area contributed by atoms with Gasteiger partial charge in [-0.15, -0.1) is 0 Å². The monoisotopic (exact) mass is 216 g/mol. The van der Waals surface area contributed by atoms with Crippen molar-refractivity contribution < 1.29 is 28.4 Å². The molecule has 0 saturated carbocycles. The van der Waals surface area contributed by atoms with Crippen molar-refractivity contribution in [3.63, 3.8) is 0 Å². The first-order valence-corrected chi connectivity index (χ1v) is 3.70. The van der Waals surface area contributed by atoms with Crippen LogP contribution in [0.1, 0.15) is 0 Å². The SMILES string of the molecule is O=CN1CC(F)(C=O)C(=O)N(C=O)C1=O. The third-order valence-electron chi connectivity index (χ3n) is 1.85. The topological polar surface area (TPSA) is 91.8 Å². The molecule has 0 N–H and O–H groups in total. The van der Waals surface area contributed by atoms with Gasteiger partial charge in [-0.25, -0.2) is 9.18 Å². The number of hydrogen-bond acceptors (Lipinski definition) is 5. The van der Waals surface area contributed by atoms with Crippen molar-refractivity contribution in [3.8, 4) is 0 Å². The van der Waals surface area contributed by atoms with Crippen molar-refractivity contribution in [1.82, 2.24) is 9.80 Å². The van der Waals surface area contributed by atoms with E-state index in [1.54, 1.807) is 0 Å². The molecule has 7 nitrogen and oxygen atoms in total. The zero-order valence-corrected chi connectivity index (χ0v) is 7.25. The van der Waals surface area contributed by atoms with E-state index in [9.17, 15) is 28.4 Å². The predicted molar refractivity (Wildman–Crippen MR) is 41.0 cm³/mol. The van der Waals surface area contributed by atoms with Crippen molar-refractivity contribution in [2.75, 3.05) is 6.54 Å². The van der Waals surface area contributed by atoms with Gasteiger partial charge in [0.2, 0.25) is 12.8 Å². The molecule has 1 unspecified atom stereocenters. The summed E-state index contributed by atoms with van der Waals surface area (Å²) in [6.07, 6.45) is -0.671. The van der Waals surface area contributed by atoms with Crippen LogP contribution in [0.3, 0.4) is 0 Å². The normalized spacial score (nSPS) is 26.5. The lowest BCUT2D eigenvalue weighted by atomic mass is 10.0. The van der Waals surface area contributed by atoms with Crippen LogP contribution in [-0.4, -0.2) is 53.1 Å². The first-order chi connectivity index (χ1) is 7.00. The molecule has 1 heterocycles. The van der Waals surface area contributed by atoms with Crippen LogP contribution in [0, 0.1) is 0 Å². The van der Waals surface area contributed by atoms with Crippen molar-refractivity contribution >= 4 is 31.0 Å². The van der Waals surface area contributed by atoms with Crippen LogP contribution in [0.2, 0.25) is 0 Å². The second-order valence-electron chi connectivity index (χ2n) is 2.78. The molecular weight excluding hydrogens is 211 g/mol. The molecule has 1 atom stereocenters. The van der Waals surface area contributed by atoms with E-state index < -0.39 is 24.2 Å². The average Bonchev–Trinajstić information content (AvgIpc) is 2.24. The molecule has 0 aromatic rings. The number of nitrogens with zero attached hydrogens (tertiary/aromatic N) is 2. The Kier molecular flexibility index (Phi) is 2.60. The van der Waals surface area contributed by atoms with Crippen LogP contribution in [0.4, 0.5) is 9.18 Å². The average molecular weight is 216 g/mol. The minimum absolute atomic E-state index is 0.0664. The molecule has 8 heteroatoms. The Balaban J connectivity index is 3.15. The number of alkyl halides is 1. The molecule has 1 saturated heterocycles. The summed E-state index contributed by atoms with van der Waals surface area (Å²) in [5.41, 5.74) is -3.05. The number of amides is 5. The molecular formula is C7H5FN2O5. The smallest absolute Gasteiger partial charge is 0.299 e. The van der Waals surface area contributed by atoms with E-state index in [2.05, 4.69) is 0 Å².